The van der Waals surface area contributed by atoms with Crippen LogP contribution in [0.4, 0.5) is 9.18 Å². The average molecular weight is 590 g/mol. The van der Waals surface area contributed by atoms with Crippen molar-refractivity contribution in [1.29, 1.82) is 0 Å². The van der Waals surface area contributed by atoms with Gasteiger partial charge >= 0.3 is 12.1 Å². The number of amides is 1. The number of esters is 1. The molecule has 0 aliphatic carbocycles. The predicted molar refractivity (Wildman–Crippen MR) is 144 cm³/mol. The van der Waals surface area contributed by atoms with E-state index in [1.165, 1.54) is 24.2 Å². The number of halogens is 2. The minimum atomic E-state index is -1.36. The summed E-state index contributed by atoms with van der Waals surface area (Å²) in [7, 11) is -0.0942. The van der Waals surface area contributed by atoms with Crippen molar-refractivity contribution in [1.82, 2.24) is 4.90 Å². The molecular formula is C24H34BrFN2O5SSi. The third kappa shape index (κ3) is 8.73. The highest BCUT2D eigenvalue weighted by atomic mass is 79.9. The van der Waals surface area contributed by atoms with Crippen LogP contribution in [-0.4, -0.2) is 56.3 Å². The van der Waals surface area contributed by atoms with Gasteiger partial charge in [0, 0.05) is 24.7 Å². The number of hydrogen-bond donors (Lipinski definition) is 0. The van der Waals surface area contributed by atoms with Crippen LogP contribution in [0.5, 0.6) is 0 Å². The number of thioether (sulfide) groups is 1. The Bertz CT molecular complexity index is 1020. The third-order valence-corrected chi connectivity index (χ3v) is 8.06. The van der Waals surface area contributed by atoms with E-state index in [1.807, 2.05) is 0 Å². The maximum atomic E-state index is 14.9. The minimum absolute atomic E-state index is 0.128. The standard InChI is InChI=1S/C24H34BrFN2O5SSi/c1-23(2,3)33-22(30)28(15-32-11-12-35(6,7)8)21-27-24(4,14-19(34-21)20(29)31-5)17-13-16(25)9-10-18(17)26/h9-10,13-14H,11-12,15H2,1-8H3. The smallest absolute Gasteiger partial charge is 0.418 e. The van der Waals surface area contributed by atoms with Gasteiger partial charge in [0.1, 0.15) is 23.7 Å². The summed E-state index contributed by atoms with van der Waals surface area (Å²) in [5.41, 5.74) is -1.83. The number of amidine groups is 1. The summed E-state index contributed by atoms with van der Waals surface area (Å²) in [5.74, 6) is -1.12. The number of benzene rings is 1. The molecule has 1 atom stereocenters. The molecule has 1 aliphatic rings. The second-order valence-electron chi connectivity index (χ2n) is 10.5. The van der Waals surface area contributed by atoms with Crippen LogP contribution in [0.25, 0.3) is 0 Å². The Morgan fingerprint density at radius 3 is 2.49 bits per heavy atom. The largest absolute Gasteiger partial charge is 0.465 e. The highest BCUT2D eigenvalue weighted by molar-refractivity contribution is 9.10. The van der Waals surface area contributed by atoms with Crippen LogP contribution in [0.15, 0.2) is 38.6 Å². The quantitative estimate of drug-likeness (QED) is 0.156. The lowest BCUT2D eigenvalue weighted by molar-refractivity contribution is -0.135. The fourth-order valence-electron chi connectivity index (χ4n) is 3.01. The molecule has 0 bridgehead atoms. The van der Waals surface area contributed by atoms with Crippen molar-refractivity contribution in [3.8, 4) is 0 Å². The molecule has 11 heteroatoms. The van der Waals surface area contributed by atoms with Gasteiger partial charge in [0.15, 0.2) is 5.17 Å². The molecule has 0 radical (unpaired) electrons. The second-order valence-corrected chi connectivity index (χ2v) is 18.1. The number of rotatable bonds is 7. The summed E-state index contributed by atoms with van der Waals surface area (Å²) in [6.45, 7) is 14.0. The molecule has 194 valence electrons. The van der Waals surface area contributed by atoms with Crippen molar-refractivity contribution in [2.45, 2.75) is 64.5 Å². The van der Waals surface area contributed by atoms with Gasteiger partial charge in [-0.3, -0.25) is 0 Å². The number of aliphatic imine (C=N–C) groups is 1. The van der Waals surface area contributed by atoms with Crippen molar-refractivity contribution >= 4 is 53.0 Å². The molecule has 1 unspecified atom stereocenters. The van der Waals surface area contributed by atoms with E-state index in [-0.39, 0.29) is 22.4 Å². The fraction of sp³-hybridized carbons (Fsp3) is 0.542. The summed E-state index contributed by atoms with van der Waals surface area (Å²) >= 11 is 4.32. The third-order valence-electron chi connectivity index (χ3n) is 4.86. The fourth-order valence-corrected chi connectivity index (χ4v) is 5.26. The maximum absolute atomic E-state index is 14.9. The molecule has 0 saturated heterocycles. The molecule has 1 amide bonds. The summed E-state index contributed by atoms with van der Waals surface area (Å²) in [6.07, 6.45) is 0.858. The molecule has 1 aromatic carbocycles. The van der Waals surface area contributed by atoms with Crippen LogP contribution in [0.2, 0.25) is 25.7 Å². The number of hydrogen-bond acceptors (Lipinski definition) is 7. The van der Waals surface area contributed by atoms with Crippen LogP contribution in [0, 0.1) is 5.82 Å². The summed E-state index contributed by atoms with van der Waals surface area (Å²) in [5, 5.41) is 0.150. The monoisotopic (exact) mass is 588 g/mol. The van der Waals surface area contributed by atoms with Crippen LogP contribution in [-0.2, 0) is 24.5 Å². The average Bonchev–Trinajstić information content (AvgIpc) is 2.72. The minimum Gasteiger partial charge on any atom is -0.465 e. The molecule has 2 rings (SSSR count). The molecule has 7 nitrogen and oxygen atoms in total. The van der Waals surface area contributed by atoms with Crippen LogP contribution < -0.4 is 0 Å². The number of carbonyl (C=O) groups excluding carboxylic acids is 2. The van der Waals surface area contributed by atoms with Gasteiger partial charge in [-0.05, 0) is 69.8 Å². The number of nitrogens with zero attached hydrogens (tertiary/aromatic N) is 2. The Hall–Kier alpha value is -1.69. The van der Waals surface area contributed by atoms with Crippen molar-refractivity contribution in [2.75, 3.05) is 20.4 Å². The van der Waals surface area contributed by atoms with E-state index in [4.69, 9.17) is 19.2 Å². The molecule has 1 aromatic rings. The number of carbonyl (C=O) groups is 2. The van der Waals surface area contributed by atoms with E-state index in [2.05, 4.69) is 35.6 Å². The zero-order chi connectivity index (χ0) is 26.6. The van der Waals surface area contributed by atoms with Gasteiger partial charge in [0.05, 0.1) is 12.0 Å². The summed E-state index contributed by atoms with van der Waals surface area (Å²) in [6, 6.07) is 5.40. The van der Waals surface area contributed by atoms with Gasteiger partial charge in [-0.15, -0.1) is 0 Å². The van der Waals surface area contributed by atoms with Gasteiger partial charge < -0.3 is 14.2 Å². The normalized spacial score (nSPS) is 18.5. The second kappa shape index (κ2) is 11.6. The first-order valence-electron chi connectivity index (χ1n) is 11.2. The highest BCUT2D eigenvalue weighted by Gasteiger charge is 2.38. The van der Waals surface area contributed by atoms with Crippen molar-refractivity contribution in [2.24, 2.45) is 4.99 Å². The molecule has 0 aromatic heterocycles. The molecule has 0 N–H and O–H groups in total. The van der Waals surface area contributed by atoms with E-state index in [0.717, 1.165) is 17.8 Å². The first-order valence-corrected chi connectivity index (χ1v) is 16.5. The zero-order valence-corrected chi connectivity index (χ0v) is 24.9. The lowest BCUT2D eigenvalue weighted by Gasteiger charge is -2.33. The van der Waals surface area contributed by atoms with Crippen LogP contribution in [0.3, 0.4) is 0 Å². The van der Waals surface area contributed by atoms with Gasteiger partial charge in [-0.1, -0.05) is 35.6 Å². The first-order chi connectivity index (χ1) is 16.0. The van der Waals surface area contributed by atoms with Crippen LogP contribution >= 0.6 is 27.7 Å². The van der Waals surface area contributed by atoms with E-state index in [1.54, 1.807) is 39.8 Å². The molecule has 1 aliphatic heterocycles. The SMILES string of the molecule is COC(=O)C1=CC(C)(c2cc(Br)ccc2F)N=C(N(COCC[Si](C)(C)C)C(=O)OC(C)(C)C)S1. The molecule has 1 heterocycles. The Morgan fingerprint density at radius 1 is 1.26 bits per heavy atom. The first kappa shape index (κ1) is 29.5. The molecule has 35 heavy (non-hydrogen) atoms. The van der Waals surface area contributed by atoms with E-state index < -0.39 is 37.1 Å². The number of ether oxygens (including phenoxy) is 3. The maximum Gasteiger partial charge on any atom is 0.418 e. The van der Waals surface area contributed by atoms with Crippen molar-refractivity contribution < 1.29 is 28.2 Å². The molecular weight excluding hydrogens is 555 g/mol. The zero-order valence-electron chi connectivity index (χ0n) is 21.5. The van der Waals surface area contributed by atoms with E-state index in [9.17, 15) is 14.0 Å². The lowest BCUT2D eigenvalue weighted by Crippen LogP contribution is -2.43. The summed E-state index contributed by atoms with van der Waals surface area (Å²) in [4.78, 5) is 31.9. The topological polar surface area (TPSA) is 77.4 Å². The molecule has 0 fully saturated rings. The Balaban J connectivity index is 2.53. The van der Waals surface area contributed by atoms with Gasteiger partial charge in [0.25, 0.3) is 0 Å². The Kier molecular flexibility index (Phi) is 9.77. The summed E-state index contributed by atoms with van der Waals surface area (Å²) < 4.78 is 31.9. The predicted octanol–water partition coefficient (Wildman–Crippen LogP) is 6.51. The van der Waals surface area contributed by atoms with Crippen molar-refractivity contribution in [3.63, 3.8) is 0 Å². The van der Waals surface area contributed by atoms with Crippen LogP contribution in [0.1, 0.15) is 33.3 Å². The molecule has 0 spiro atoms. The Morgan fingerprint density at radius 2 is 1.91 bits per heavy atom. The van der Waals surface area contributed by atoms with Gasteiger partial charge in [-0.25, -0.2) is 23.9 Å². The van der Waals surface area contributed by atoms with Gasteiger partial charge in [-0.2, -0.15) is 0 Å². The van der Waals surface area contributed by atoms with E-state index >= 15 is 0 Å². The lowest BCUT2D eigenvalue weighted by atomic mass is 9.91. The molecule has 0 saturated carbocycles. The van der Waals surface area contributed by atoms with Gasteiger partial charge in [0.2, 0.25) is 0 Å². The highest BCUT2D eigenvalue weighted by Crippen LogP contribution is 2.40. The van der Waals surface area contributed by atoms with E-state index in [0.29, 0.717) is 11.1 Å². The Labute approximate surface area is 220 Å². The van der Waals surface area contributed by atoms with Crippen molar-refractivity contribution in [3.05, 3.63) is 45.0 Å². The number of methoxy groups -OCH3 is 1.